The first-order valence-corrected chi connectivity index (χ1v) is 4.13. The zero-order valence-corrected chi connectivity index (χ0v) is 8.98. The molecule has 0 aliphatic rings. The van der Waals surface area contributed by atoms with Gasteiger partial charge in [0.05, 0.1) is 0 Å². The molecule has 0 aromatic carbocycles. The molecule has 1 radical (unpaired) electrons. The Morgan fingerprint density at radius 1 is 1.00 bits per heavy atom. The summed E-state index contributed by atoms with van der Waals surface area (Å²) in [4.78, 5) is 0. The Morgan fingerprint density at radius 2 is 1.00 bits per heavy atom. The first kappa shape index (κ1) is 10.4. The van der Waals surface area contributed by atoms with E-state index < -0.39 is 37.9 Å². The van der Waals surface area contributed by atoms with Gasteiger partial charge in [-0.15, -0.1) is 0 Å². The summed E-state index contributed by atoms with van der Waals surface area (Å²) in [6.45, 7) is 0. The molecule has 0 aliphatic carbocycles. The Labute approximate surface area is 74.4 Å². The topological polar surface area (TPSA) is 0 Å². The largest absolute Gasteiger partial charge is 0 e. The van der Waals surface area contributed by atoms with Crippen LogP contribution in [0.5, 0.6) is 0 Å². The summed E-state index contributed by atoms with van der Waals surface area (Å²) in [5.41, 5.74) is 0. The minimum atomic E-state index is -5.16. The van der Waals surface area contributed by atoms with Crippen molar-refractivity contribution in [1.29, 1.82) is 0 Å². The van der Waals surface area contributed by atoms with E-state index in [9.17, 15) is 2.73 Å². The van der Waals surface area contributed by atoms with Crippen molar-refractivity contribution in [3.63, 3.8) is 0 Å². The van der Waals surface area contributed by atoms with Crippen molar-refractivity contribution in [1.82, 2.24) is 0 Å². The third kappa shape index (κ3) is 21.7. The van der Waals surface area contributed by atoms with Gasteiger partial charge in [0.15, 0.2) is 0 Å². The molecule has 0 amide bonds. The van der Waals surface area contributed by atoms with Gasteiger partial charge in [-0.05, 0) is 0 Å². The molecule has 0 atom stereocenters. The van der Waals surface area contributed by atoms with Crippen LogP contribution in [0.2, 0.25) is 0 Å². The van der Waals surface area contributed by atoms with Crippen LogP contribution in [0.1, 0.15) is 0 Å². The summed E-state index contributed by atoms with van der Waals surface area (Å²) in [6.07, 6.45) is 0. The van der Waals surface area contributed by atoms with Crippen LogP contribution in [0.25, 0.3) is 0 Å². The average Bonchev–Trinajstić information content (AvgIpc) is 0.811. The number of rotatable bonds is 0. The molecule has 0 aromatic heterocycles. The van der Waals surface area contributed by atoms with Crippen molar-refractivity contribution >= 4 is 0 Å². The predicted molar refractivity (Wildman–Crippen MR) is 3.32 cm³/mol. The van der Waals surface area contributed by atoms with Gasteiger partial charge in [0.1, 0.15) is 0 Å². The monoisotopic (exact) mass is 336 g/mol. The van der Waals surface area contributed by atoms with E-state index in [1.54, 1.807) is 0 Å². The molecule has 0 N–H and O–H groups in total. The van der Waals surface area contributed by atoms with Gasteiger partial charge in [0.2, 0.25) is 0 Å². The van der Waals surface area contributed by atoms with Gasteiger partial charge < -0.3 is 0 Å². The number of hydrogen-bond donors (Lipinski definition) is 0. The van der Waals surface area contributed by atoms with Gasteiger partial charge >= 0.3 is 40.7 Å². The van der Waals surface area contributed by atoms with E-state index in [1.807, 2.05) is 0 Å². The van der Waals surface area contributed by atoms with Crippen LogP contribution in [0.4, 0.5) is 2.73 Å². The molecule has 0 saturated carbocycles. The quantitative estimate of drug-likeness (QED) is 0.625. The Bertz CT molecular complexity index is 11.6. The fourth-order valence-electron chi connectivity index (χ4n) is 0. The molecule has 0 bridgehead atoms. The average molecular weight is 336 g/mol. The van der Waals surface area contributed by atoms with Crippen molar-refractivity contribution < 1.29 is 76.3 Å². The minimum absolute atomic E-state index is 0. The van der Waals surface area contributed by atoms with E-state index in [2.05, 4.69) is 0 Å². The normalized spacial score (nSPS) is 5.40. The molecule has 0 heterocycles. The van der Waals surface area contributed by atoms with E-state index in [0.29, 0.717) is 0 Å². The summed E-state index contributed by atoms with van der Waals surface area (Å²) >= 11 is -5.16. The summed E-state index contributed by atoms with van der Waals surface area (Å²) in [5.74, 6) is 0. The third-order valence-corrected chi connectivity index (χ3v) is 0. The van der Waals surface area contributed by atoms with E-state index >= 15 is 0 Å². The van der Waals surface area contributed by atoms with Crippen molar-refractivity contribution in [2.24, 2.45) is 0 Å². The fourth-order valence-corrected chi connectivity index (χ4v) is 0. The van der Waals surface area contributed by atoms with Crippen LogP contribution in [0.15, 0.2) is 0 Å². The van der Waals surface area contributed by atoms with Gasteiger partial charge in [0.25, 0.3) is 0 Å². The first-order valence-electron chi connectivity index (χ1n) is 0.567. The van der Waals surface area contributed by atoms with Gasteiger partial charge in [-0.25, -0.2) is 0 Å². The molecule has 0 nitrogen and oxygen atoms in total. The summed E-state index contributed by atoms with van der Waals surface area (Å²) in [6, 6.07) is 0. The van der Waals surface area contributed by atoms with Gasteiger partial charge in [-0.1, -0.05) is 0 Å². The van der Waals surface area contributed by atoms with E-state index in [0.717, 1.165) is 0 Å². The molecule has 0 spiro atoms. The molecule has 28 valence electrons. The molecule has 0 rings (SSSR count). The molecular weight excluding hydrogens is 336 g/mol. The molecule has 0 aliphatic heterocycles. The van der Waals surface area contributed by atoms with Gasteiger partial charge in [0, 0.05) is 35.6 Å². The number of hydrogen-bond acceptors (Lipinski definition) is 0. The molecule has 0 unspecified atom stereocenters. The van der Waals surface area contributed by atoms with Crippen LogP contribution in [-0.2, 0) is 0 Å². The maximum absolute atomic E-state index is 9.88. The predicted octanol–water partition coefficient (Wildman–Crippen LogP) is 1.26. The standard InChI is InChI=1S/Ce.3FH.La/h;3*1H;/q+3;;;;/p-3. The summed E-state index contributed by atoms with van der Waals surface area (Å²) < 4.78 is 29.6. The maximum Gasteiger partial charge on any atom is 0 e. The molecule has 0 saturated heterocycles. The second-order valence-corrected chi connectivity index (χ2v) is 1.56. The minimum Gasteiger partial charge on any atom is 0 e. The Hall–Kier alpha value is 2.36. The summed E-state index contributed by atoms with van der Waals surface area (Å²) in [7, 11) is 0. The second-order valence-electron chi connectivity index (χ2n) is 0.214. The van der Waals surface area contributed by atoms with Crippen LogP contribution in [0.3, 0.4) is 0 Å². The Morgan fingerprint density at radius 3 is 1.00 bits per heavy atom. The molecular formula is CeF3La. The van der Waals surface area contributed by atoms with Crippen LogP contribution in [-0.4, -0.2) is 0 Å². The second kappa shape index (κ2) is 6.36. The smallest absolute Gasteiger partial charge is 0 e. The first-order chi connectivity index (χ1) is 1.73. The van der Waals surface area contributed by atoms with Gasteiger partial charge in [-0.2, -0.15) is 0 Å². The van der Waals surface area contributed by atoms with Gasteiger partial charge in [-0.3, -0.25) is 0 Å². The van der Waals surface area contributed by atoms with Crippen molar-refractivity contribution in [2.45, 2.75) is 0 Å². The van der Waals surface area contributed by atoms with E-state index in [4.69, 9.17) is 0 Å². The van der Waals surface area contributed by atoms with Crippen molar-refractivity contribution in [3.8, 4) is 0 Å². The van der Waals surface area contributed by atoms with Crippen LogP contribution >= 0.6 is 0 Å². The van der Waals surface area contributed by atoms with Crippen molar-refractivity contribution in [3.05, 3.63) is 0 Å². The van der Waals surface area contributed by atoms with E-state index in [1.165, 1.54) is 0 Å². The number of halogens is 3. The van der Waals surface area contributed by atoms with Crippen molar-refractivity contribution in [2.75, 3.05) is 0 Å². The van der Waals surface area contributed by atoms with E-state index in [-0.39, 0.29) is 35.6 Å². The van der Waals surface area contributed by atoms with Crippen LogP contribution < -0.4 is 0 Å². The van der Waals surface area contributed by atoms with Crippen LogP contribution in [0, 0.1) is 73.5 Å². The fraction of sp³-hybridized carbons (Fsp3) is 0. The molecule has 0 aromatic rings. The SMILES string of the molecule is [F][Ce]([F])[F].[La]. The molecule has 5 heavy (non-hydrogen) atoms. The maximum atomic E-state index is 9.88. The zero-order chi connectivity index (χ0) is 3.58. The third-order valence-electron chi connectivity index (χ3n) is 0. The molecule has 5 heteroatoms. The zero-order valence-electron chi connectivity index (χ0n) is 2.21. The Balaban J connectivity index is 0. The summed E-state index contributed by atoms with van der Waals surface area (Å²) in [5, 5.41) is 0. The Kier molecular flexibility index (Phi) is 13.2. The molecule has 0 fully saturated rings.